The molecule has 17 heavy (non-hydrogen) atoms. The highest BCUT2D eigenvalue weighted by atomic mass is 79.9. The first-order valence-electron chi connectivity index (χ1n) is 5.15. The maximum absolute atomic E-state index is 5.74. The molecule has 2 N–H and O–H groups in total. The van der Waals surface area contributed by atoms with Crippen molar-refractivity contribution in [2.45, 2.75) is 13.0 Å². The first kappa shape index (κ1) is 12.0. The Labute approximate surface area is 108 Å². The Hall–Kier alpha value is -1.46. The highest BCUT2D eigenvalue weighted by Crippen LogP contribution is 2.22. The van der Waals surface area contributed by atoms with Crippen molar-refractivity contribution in [1.29, 1.82) is 0 Å². The van der Waals surface area contributed by atoms with Gasteiger partial charge in [0.2, 0.25) is 5.88 Å². The van der Waals surface area contributed by atoms with Crippen molar-refractivity contribution in [3.63, 3.8) is 0 Å². The molecule has 0 aliphatic carbocycles. The van der Waals surface area contributed by atoms with Crippen molar-refractivity contribution in [2.75, 3.05) is 0 Å². The number of hydrogen-bond donors (Lipinski definition) is 1. The third-order valence-corrected chi connectivity index (χ3v) is 2.62. The molecule has 0 aromatic carbocycles. The summed E-state index contributed by atoms with van der Waals surface area (Å²) >= 11 is 3.33. The molecule has 88 valence electrons. The largest absolute Gasteiger partial charge is 0.437 e. The van der Waals surface area contributed by atoms with Gasteiger partial charge in [0.25, 0.3) is 0 Å². The second kappa shape index (κ2) is 5.25. The maximum Gasteiger partial charge on any atom is 0.219 e. The highest BCUT2D eigenvalue weighted by molar-refractivity contribution is 9.10. The molecule has 0 saturated carbocycles. The van der Waals surface area contributed by atoms with Crippen molar-refractivity contribution in [3.05, 3.63) is 46.8 Å². The molecule has 4 nitrogen and oxygen atoms in total. The van der Waals surface area contributed by atoms with Crippen LogP contribution in [0.3, 0.4) is 0 Å². The molecule has 0 radical (unpaired) electrons. The molecule has 0 bridgehead atoms. The minimum absolute atomic E-state index is 0.0240. The van der Waals surface area contributed by atoms with Crippen LogP contribution in [0.25, 0.3) is 0 Å². The Bertz CT molecular complexity index is 499. The first-order valence-corrected chi connectivity index (χ1v) is 5.94. The normalized spacial score (nSPS) is 12.2. The van der Waals surface area contributed by atoms with Crippen molar-refractivity contribution in [3.8, 4) is 11.6 Å². The van der Waals surface area contributed by atoms with Crippen LogP contribution in [0.1, 0.15) is 18.5 Å². The number of pyridine rings is 2. The molecule has 0 fully saturated rings. The summed E-state index contributed by atoms with van der Waals surface area (Å²) in [4.78, 5) is 8.19. The summed E-state index contributed by atoms with van der Waals surface area (Å²) in [5.41, 5.74) is 6.72. The van der Waals surface area contributed by atoms with E-state index in [-0.39, 0.29) is 6.04 Å². The predicted octanol–water partition coefficient (Wildman–Crippen LogP) is 3.05. The fourth-order valence-electron chi connectivity index (χ4n) is 1.29. The topological polar surface area (TPSA) is 61.0 Å². The summed E-state index contributed by atoms with van der Waals surface area (Å²) in [6.07, 6.45) is 5.04. The number of halogens is 1. The number of rotatable bonds is 3. The minimum Gasteiger partial charge on any atom is -0.437 e. The van der Waals surface area contributed by atoms with Gasteiger partial charge in [-0.2, -0.15) is 0 Å². The van der Waals surface area contributed by atoms with E-state index in [4.69, 9.17) is 10.5 Å². The molecule has 0 amide bonds. The molecule has 0 aliphatic heterocycles. The second-order valence-electron chi connectivity index (χ2n) is 3.66. The van der Waals surface area contributed by atoms with Crippen LogP contribution in [0.5, 0.6) is 11.6 Å². The summed E-state index contributed by atoms with van der Waals surface area (Å²) in [6.45, 7) is 1.91. The second-order valence-corrected chi connectivity index (χ2v) is 4.58. The lowest BCUT2D eigenvalue weighted by atomic mass is 10.2. The quantitative estimate of drug-likeness (QED) is 0.945. The van der Waals surface area contributed by atoms with Gasteiger partial charge in [0.05, 0.1) is 6.20 Å². The van der Waals surface area contributed by atoms with E-state index in [1.54, 1.807) is 24.7 Å². The van der Waals surface area contributed by atoms with Crippen molar-refractivity contribution in [1.82, 2.24) is 9.97 Å². The lowest BCUT2D eigenvalue weighted by Crippen LogP contribution is -2.05. The van der Waals surface area contributed by atoms with Crippen LogP contribution in [-0.2, 0) is 0 Å². The molecule has 2 rings (SSSR count). The standard InChI is InChI=1S/C12H12BrN3O/c1-8(14)9-2-3-12(16-5-9)17-11-4-10(13)6-15-7-11/h2-8H,14H2,1H3. The van der Waals surface area contributed by atoms with Crippen LogP contribution in [0, 0.1) is 0 Å². The Kier molecular flexibility index (Phi) is 3.71. The zero-order chi connectivity index (χ0) is 12.3. The van der Waals surface area contributed by atoms with Crippen LogP contribution in [0.15, 0.2) is 41.3 Å². The zero-order valence-electron chi connectivity index (χ0n) is 9.30. The molecule has 2 heterocycles. The third-order valence-electron chi connectivity index (χ3n) is 2.19. The van der Waals surface area contributed by atoms with Gasteiger partial charge in [-0.15, -0.1) is 0 Å². The summed E-state index contributed by atoms with van der Waals surface area (Å²) in [5.74, 6) is 1.16. The van der Waals surface area contributed by atoms with Crippen molar-refractivity contribution >= 4 is 15.9 Å². The van der Waals surface area contributed by atoms with E-state index >= 15 is 0 Å². The van der Waals surface area contributed by atoms with Gasteiger partial charge in [-0.25, -0.2) is 4.98 Å². The lowest BCUT2D eigenvalue weighted by Gasteiger charge is -2.07. The van der Waals surface area contributed by atoms with E-state index in [1.807, 2.05) is 19.1 Å². The van der Waals surface area contributed by atoms with Crippen LogP contribution < -0.4 is 10.5 Å². The average molecular weight is 294 g/mol. The van der Waals surface area contributed by atoms with Crippen LogP contribution in [-0.4, -0.2) is 9.97 Å². The van der Waals surface area contributed by atoms with E-state index in [9.17, 15) is 0 Å². The van der Waals surface area contributed by atoms with E-state index in [2.05, 4.69) is 25.9 Å². The van der Waals surface area contributed by atoms with Crippen molar-refractivity contribution in [2.24, 2.45) is 5.73 Å². The summed E-state index contributed by atoms with van der Waals surface area (Å²) < 4.78 is 6.41. The van der Waals surface area contributed by atoms with Crippen LogP contribution in [0.4, 0.5) is 0 Å². The van der Waals surface area contributed by atoms with Crippen LogP contribution in [0.2, 0.25) is 0 Å². The Morgan fingerprint density at radius 3 is 2.71 bits per heavy atom. The molecule has 0 spiro atoms. The van der Waals surface area contributed by atoms with E-state index in [0.717, 1.165) is 10.0 Å². The van der Waals surface area contributed by atoms with Gasteiger partial charge in [0, 0.05) is 29.0 Å². The molecule has 1 unspecified atom stereocenters. The first-order chi connectivity index (χ1) is 8.15. The maximum atomic E-state index is 5.74. The fourth-order valence-corrected chi connectivity index (χ4v) is 1.63. The monoisotopic (exact) mass is 293 g/mol. The molecule has 0 saturated heterocycles. The summed E-state index contributed by atoms with van der Waals surface area (Å²) in [7, 11) is 0. The fraction of sp³-hybridized carbons (Fsp3) is 0.167. The molecule has 5 heteroatoms. The lowest BCUT2D eigenvalue weighted by molar-refractivity contribution is 0.459. The van der Waals surface area contributed by atoms with Gasteiger partial charge < -0.3 is 10.5 Å². The Balaban J connectivity index is 2.14. The van der Waals surface area contributed by atoms with Gasteiger partial charge in [0.1, 0.15) is 5.75 Å². The molecule has 0 aliphatic rings. The number of nitrogens with two attached hydrogens (primary N) is 1. The summed E-state index contributed by atoms with van der Waals surface area (Å²) in [5, 5.41) is 0. The van der Waals surface area contributed by atoms with Gasteiger partial charge >= 0.3 is 0 Å². The molecular weight excluding hydrogens is 282 g/mol. The van der Waals surface area contributed by atoms with Gasteiger partial charge in [-0.05, 0) is 34.5 Å². The van der Waals surface area contributed by atoms with E-state index < -0.39 is 0 Å². The van der Waals surface area contributed by atoms with Crippen LogP contribution >= 0.6 is 15.9 Å². The molecule has 2 aromatic heterocycles. The summed E-state index contributed by atoms with van der Waals surface area (Å²) in [6, 6.07) is 5.50. The number of ether oxygens (including phenoxy) is 1. The highest BCUT2D eigenvalue weighted by Gasteiger charge is 2.02. The number of hydrogen-bond acceptors (Lipinski definition) is 4. The Morgan fingerprint density at radius 2 is 2.12 bits per heavy atom. The van der Waals surface area contributed by atoms with E-state index in [0.29, 0.717) is 11.6 Å². The molecular formula is C12H12BrN3O. The smallest absolute Gasteiger partial charge is 0.219 e. The molecule has 2 aromatic rings. The molecule has 1 atom stereocenters. The number of nitrogens with zero attached hydrogens (tertiary/aromatic N) is 2. The third kappa shape index (κ3) is 3.25. The predicted molar refractivity (Wildman–Crippen MR) is 68.9 cm³/mol. The van der Waals surface area contributed by atoms with Gasteiger partial charge in [-0.1, -0.05) is 6.07 Å². The van der Waals surface area contributed by atoms with Crippen molar-refractivity contribution < 1.29 is 4.74 Å². The van der Waals surface area contributed by atoms with Gasteiger partial charge in [-0.3, -0.25) is 4.98 Å². The minimum atomic E-state index is -0.0240. The SMILES string of the molecule is CC(N)c1ccc(Oc2cncc(Br)c2)nc1. The average Bonchev–Trinajstić information content (AvgIpc) is 2.29. The Morgan fingerprint density at radius 1 is 1.29 bits per heavy atom. The van der Waals surface area contributed by atoms with E-state index in [1.165, 1.54) is 0 Å². The zero-order valence-corrected chi connectivity index (χ0v) is 10.9. The number of aromatic nitrogens is 2. The van der Waals surface area contributed by atoms with Gasteiger partial charge in [0.15, 0.2) is 0 Å².